The maximum atomic E-state index is 13.2. The minimum Gasteiger partial charge on any atom is -0.508 e. The van der Waals surface area contributed by atoms with E-state index in [1.165, 1.54) is 6.07 Å². The first-order valence-corrected chi connectivity index (χ1v) is 10.2. The Morgan fingerprint density at radius 3 is 2.59 bits per heavy atom. The highest BCUT2D eigenvalue weighted by Gasteiger charge is 2.64. The molecule has 5 atom stereocenters. The van der Waals surface area contributed by atoms with Crippen LogP contribution < -0.4 is 5.73 Å². The maximum Gasteiger partial charge on any atom is 0.255 e. The fraction of sp³-hybridized carbons (Fsp3) is 0.409. The zero-order valence-corrected chi connectivity index (χ0v) is 17.7. The fourth-order valence-corrected chi connectivity index (χ4v) is 5.93. The van der Waals surface area contributed by atoms with Crippen LogP contribution in [0.1, 0.15) is 36.1 Å². The molecular formula is C22H24N4O6. The number of nitrogens with zero attached hydrogens (tertiary/aromatic N) is 2. The van der Waals surface area contributed by atoms with Crippen LogP contribution in [-0.4, -0.2) is 67.4 Å². The fourth-order valence-electron chi connectivity index (χ4n) is 5.93. The number of aliphatic hydroxyl groups is 3. The number of ketones is 1. The van der Waals surface area contributed by atoms with Crippen molar-refractivity contribution in [3.8, 4) is 17.0 Å². The Hall–Kier alpha value is -3.21. The largest absolute Gasteiger partial charge is 0.508 e. The summed E-state index contributed by atoms with van der Waals surface area (Å²) in [7, 11) is 3.26. The number of aliphatic hydroxyl groups excluding tert-OH is 1. The summed E-state index contributed by atoms with van der Waals surface area (Å²) in [6.45, 7) is 1.61. The van der Waals surface area contributed by atoms with Crippen LogP contribution in [0.2, 0.25) is 0 Å². The van der Waals surface area contributed by atoms with Crippen LogP contribution in [0, 0.1) is 5.92 Å². The number of aromatic amines is 1. The number of primary amides is 1. The molecule has 10 nitrogen and oxygen atoms in total. The molecule has 1 aromatic heterocycles. The number of hydrogen-bond donors (Lipinski definition) is 6. The Bertz CT molecular complexity index is 1230. The number of likely N-dealkylation sites (N-methyl/N-ethyl adjacent to an activating group) is 1. The number of carbonyl (C=O) groups excluding carboxylic acids is 2. The zero-order chi connectivity index (χ0) is 23.3. The highest BCUT2D eigenvalue weighted by atomic mass is 16.3. The highest BCUT2D eigenvalue weighted by Crippen LogP contribution is 2.62. The number of Topliss-reactive ketones (excluding diaryl/α,β-unsaturated/α-hetero) is 1. The molecule has 5 rings (SSSR count). The molecule has 10 heteroatoms. The lowest BCUT2D eigenvalue weighted by Crippen LogP contribution is -2.61. The molecule has 1 heterocycles. The molecule has 7 N–H and O–H groups in total. The molecule has 0 unspecified atom stereocenters. The number of rotatable bonds is 2. The second kappa shape index (κ2) is 6.18. The summed E-state index contributed by atoms with van der Waals surface area (Å²) in [5.74, 6) is -4.27. The molecule has 0 spiro atoms. The second-order valence-corrected chi connectivity index (χ2v) is 9.23. The van der Waals surface area contributed by atoms with Crippen molar-refractivity contribution in [3.63, 3.8) is 0 Å². The number of hydrogen-bond acceptors (Lipinski definition) is 8. The standard InChI is InChI=1S/C22H24N4O6/c1-21(31)8-5-4-6-11(27)12(8)15-13-9(21)7-10-16(26(2)3)17(28)14(20(23)30)19(29)22(10,32)18(13)25-24-15/h4-6,9-10,16,27,29,31-32H,7H2,1-3H3,(H2,23,30)(H,24,25)/t9-,10-,16-,21+,22-/m0/s1. The summed E-state index contributed by atoms with van der Waals surface area (Å²) < 4.78 is 0. The van der Waals surface area contributed by atoms with Crippen molar-refractivity contribution in [1.82, 2.24) is 15.1 Å². The molecule has 2 aromatic rings. The normalized spacial score (nSPS) is 33.1. The van der Waals surface area contributed by atoms with Gasteiger partial charge in [0.15, 0.2) is 11.4 Å². The van der Waals surface area contributed by atoms with Gasteiger partial charge in [0.1, 0.15) is 22.8 Å². The van der Waals surface area contributed by atoms with Gasteiger partial charge in [0.2, 0.25) is 0 Å². The van der Waals surface area contributed by atoms with Crippen molar-refractivity contribution in [2.24, 2.45) is 11.7 Å². The lowest BCUT2D eigenvalue weighted by molar-refractivity contribution is -0.141. The van der Waals surface area contributed by atoms with E-state index in [1.54, 1.807) is 38.1 Å². The molecule has 0 fully saturated rings. The van der Waals surface area contributed by atoms with Crippen molar-refractivity contribution < 1.29 is 30.0 Å². The second-order valence-electron chi connectivity index (χ2n) is 9.23. The topological polar surface area (TPSA) is 173 Å². The van der Waals surface area contributed by atoms with Crippen LogP contribution in [0.3, 0.4) is 0 Å². The van der Waals surface area contributed by atoms with Crippen LogP contribution in [0.4, 0.5) is 0 Å². The average Bonchev–Trinajstić information content (AvgIpc) is 3.13. The van der Waals surface area contributed by atoms with E-state index in [0.29, 0.717) is 22.4 Å². The Balaban J connectivity index is 1.87. The van der Waals surface area contributed by atoms with Gasteiger partial charge in [-0.3, -0.25) is 19.6 Å². The first kappa shape index (κ1) is 20.7. The molecule has 0 aliphatic heterocycles. The summed E-state index contributed by atoms with van der Waals surface area (Å²) >= 11 is 0. The third kappa shape index (κ3) is 2.21. The Kier molecular flexibility index (Phi) is 4.00. The van der Waals surface area contributed by atoms with Crippen molar-refractivity contribution in [1.29, 1.82) is 0 Å². The molecule has 3 aliphatic rings. The van der Waals surface area contributed by atoms with Gasteiger partial charge >= 0.3 is 0 Å². The maximum absolute atomic E-state index is 13.2. The van der Waals surface area contributed by atoms with Crippen molar-refractivity contribution in [2.45, 2.75) is 36.5 Å². The van der Waals surface area contributed by atoms with E-state index < -0.39 is 52.1 Å². The molecule has 1 aromatic carbocycles. The summed E-state index contributed by atoms with van der Waals surface area (Å²) in [4.78, 5) is 26.8. The van der Waals surface area contributed by atoms with Gasteiger partial charge in [0, 0.05) is 17.4 Å². The Morgan fingerprint density at radius 1 is 1.28 bits per heavy atom. The summed E-state index contributed by atoms with van der Waals surface area (Å²) in [5.41, 5.74) is 2.73. The molecule has 0 saturated heterocycles. The van der Waals surface area contributed by atoms with Gasteiger partial charge in [0.05, 0.1) is 22.9 Å². The van der Waals surface area contributed by atoms with Crippen molar-refractivity contribution in [2.75, 3.05) is 14.1 Å². The van der Waals surface area contributed by atoms with E-state index in [0.717, 1.165) is 0 Å². The number of benzene rings is 1. The van der Waals surface area contributed by atoms with E-state index in [-0.39, 0.29) is 17.9 Å². The minimum atomic E-state index is -2.16. The molecule has 0 radical (unpaired) electrons. The van der Waals surface area contributed by atoms with Gasteiger partial charge in [-0.1, -0.05) is 12.1 Å². The van der Waals surface area contributed by atoms with Gasteiger partial charge in [-0.2, -0.15) is 5.10 Å². The van der Waals surface area contributed by atoms with E-state index in [4.69, 9.17) is 5.73 Å². The smallest absolute Gasteiger partial charge is 0.255 e. The number of carbonyl (C=O) groups is 2. The van der Waals surface area contributed by atoms with Crippen molar-refractivity contribution in [3.05, 3.63) is 46.4 Å². The van der Waals surface area contributed by atoms with Gasteiger partial charge in [0.25, 0.3) is 5.91 Å². The van der Waals surface area contributed by atoms with Crippen LogP contribution in [0.5, 0.6) is 5.75 Å². The number of aromatic nitrogens is 2. The quantitative estimate of drug-likeness (QED) is 0.357. The number of amides is 1. The number of phenols is 1. The zero-order valence-electron chi connectivity index (χ0n) is 17.7. The Morgan fingerprint density at radius 2 is 1.97 bits per heavy atom. The molecule has 3 aliphatic carbocycles. The predicted molar refractivity (Wildman–Crippen MR) is 111 cm³/mol. The van der Waals surface area contributed by atoms with Crippen LogP contribution in [0.15, 0.2) is 29.5 Å². The van der Waals surface area contributed by atoms with E-state index >= 15 is 0 Å². The van der Waals surface area contributed by atoms with Crippen LogP contribution >= 0.6 is 0 Å². The van der Waals surface area contributed by atoms with Crippen molar-refractivity contribution >= 4 is 11.7 Å². The third-order valence-electron chi connectivity index (χ3n) is 7.36. The highest BCUT2D eigenvalue weighted by molar-refractivity contribution is 6.22. The molecule has 0 bridgehead atoms. The predicted octanol–water partition coefficient (Wildman–Crippen LogP) is 0.105. The molecular weight excluding hydrogens is 416 g/mol. The lowest BCUT2D eigenvalue weighted by atomic mass is 9.56. The summed E-state index contributed by atoms with van der Waals surface area (Å²) in [6.07, 6.45) is 0.100. The first-order chi connectivity index (χ1) is 14.9. The van der Waals surface area contributed by atoms with E-state index in [9.17, 15) is 30.0 Å². The van der Waals surface area contributed by atoms with Crippen LogP contribution in [0.25, 0.3) is 11.3 Å². The number of H-pyrrole nitrogens is 1. The van der Waals surface area contributed by atoms with Gasteiger partial charge in [-0.15, -0.1) is 0 Å². The first-order valence-electron chi connectivity index (χ1n) is 10.2. The number of fused-ring (bicyclic) bond motifs is 4. The van der Waals surface area contributed by atoms with E-state index in [2.05, 4.69) is 10.2 Å². The lowest BCUT2D eigenvalue weighted by Gasteiger charge is -2.52. The monoisotopic (exact) mass is 440 g/mol. The average molecular weight is 440 g/mol. The SMILES string of the molecule is CN(C)[C@@H]1C(=O)C(C(N)=O)=C(O)[C@@]2(O)c3[nH]nc4c3[C@H](C[C@@H]12)[C@](C)(O)c1cccc(O)c1-4. The molecule has 168 valence electrons. The van der Waals surface area contributed by atoms with Gasteiger partial charge in [-0.25, -0.2) is 0 Å². The van der Waals surface area contributed by atoms with Crippen LogP contribution in [-0.2, 0) is 20.8 Å². The van der Waals surface area contributed by atoms with E-state index in [1.807, 2.05) is 0 Å². The van der Waals surface area contributed by atoms with Gasteiger partial charge in [-0.05, 0) is 39.1 Å². The third-order valence-corrected chi connectivity index (χ3v) is 7.36. The molecule has 32 heavy (non-hydrogen) atoms. The molecule has 0 saturated carbocycles. The molecule has 1 amide bonds. The Labute approximate surface area is 183 Å². The summed E-state index contributed by atoms with van der Waals surface area (Å²) in [6, 6.07) is 3.81. The number of aromatic hydroxyl groups is 1. The minimum absolute atomic E-state index is 0.0681. The number of nitrogens with two attached hydrogens (primary N) is 1. The number of nitrogens with one attached hydrogen (secondary N) is 1. The summed E-state index contributed by atoms with van der Waals surface area (Å²) in [5, 5.41) is 52.1. The number of phenolic OH excluding ortho intramolecular Hbond substituents is 1. The van der Waals surface area contributed by atoms with Gasteiger partial charge < -0.3 is 26.2 Å².